The highest BCUT2D eigenvalue weighted by molar-refractivity contribution is 5.97. The van der Waals surface area contributed by atoms with Crippen molar-refractivity contribution in [1.29, 1.82) is 0 Å². The molecule has 0 fully saturated rings. The van der Waals surface area contributed by atoms with E-state index in [4.69, 9.17) is 14.9 Å². The second kappa shape index (κ2) is 9.76. The van der Waals surface area contributed by atoms with Crippen LogP contribution in [0, 0.1) is 6.92 Å². The molecule has 0 heterocycles. The Morgan fingerprint density at radius 3 is 2.15 bits per heavy atom. The largest absolute Gasteiger partial charge is 0.480 e. The minimum atomic E-state index is -1.40. The van der Waals surface area contributed by atoms with Crippen LogP contribution in [0.1, 0.15) is 33.0 Å². The molecule has 4 rings (SSSR count). The molecular formula is C26H24N2O6. The second-order valence-electron chi connectivity index (χ2n) is 8.03. The maximum Gasteiger partial charge on any atom is 0.411 e. The van der Waals surface area contributed by atoms with E-state index < -0.39 is 30.6 Å². The van der Waals surface area contributed by atoms with Gasteiger partial charge in [0.15, 0.2) is 6.04 Å². The Morgan fingerprint density at radius 2 is 1.59 bits per heavy atom. The number of hydrogen-bond acceptors (Lipinski definition) is 5. The molecule has 0 aliphatic heterocycles. The molecule has 34 heavy (non-hydrogen) atoms. The van der Waals surface area contributed by atoms with Gasteiger partial charge in [0.1, 0.15) is 6.61 Å². The molecule has 0 saturated carbocycles. The molecule has 0 radical (unpaired) electrons. The summed E-state index contributed by atoms with van der Waals surface area (Å²) in [6, 6.07) is 19.3. The Hall–Kier alpha value is -4.17. The van der Waals surface area contributed by atoms with Crippen LogP contribution in [0.3, 0.4) is 0 Å². The fourth-order valence-corrected chi connectivity index (χ4v) is 4.12. The Bertz CT molecular complexity index is 1210. The molecule has 1 aliphatic rings. The summed E-state index contributed by atoms with van der Waals surface area (Å²) >= 11 is 0. The molecule has 0 unspecified atom stereocenters. The third-order valence-electron chi connectivity index (χ3n) is 5.85. The summed E-state index contributed by atoms with van der Waals surface area (Å²) in [4.78, 5) is 35.8. The lowest BCUT2D eigenvalue weighted by atomic mass is 9.98. The molecule has 0 spiro atoms. The number of nitrogens with one attached hydrogen (secondary N) is 2. The number of hydrogen-bond donors (Lipinski definition) is 4. The van der Waals surface area contributed by atoms with Gasteiger partial charge in [-0.2, -0.15) is 0 Å². The zero-order valence-electron chi connectivity index (χ0n) is 18.4. The lowest BCUT2D eigenvalue weighted by Crippen LogP contribution is -2.43. The number of benzene rings is 3. The van der Waals surface area contributed by atoms with Crippen LogP contribution in [0.15, 0.2) is 66.7 Å². The van der Waals surface area contributed by atoms with Crippen LogP contribution >= 0.6 is 0 Å². The van der Waals surface area contributed by atoms with Gasteiger partial charge in [-0.3, -0.25) is 10.1 Å². The predicted molar refractivity (Wildman–Crippen MR) is 126 cm³/mol. The summed E-state index contributed by atoms with van der Waals surface area (Å²) in [5.41, 5.74) is 5.78. The van der Waals surface area contributed by atoms with Crippen LogP contribution in [0.4, 0.5) is 10.5 Å². The number of carbonyl (C=O) groups excluding carboxylic acids is 2. The van der Waals surface area contributed by atoms with Crippen LogP contribution in [-0.2, 0) is 9.53 Å². The quantitative estimate of drug-likeness (QED) is 0.428. The topological polar surface area (TPSA) is 125 Å². The van der Waals surface area contributed by atoms with Crippen molar-refractivity contribution in [2.75, 3.05) is 18.5 Å². The average molecular weight is 460 g/mol. The van der Waals surface area contributed by atoms with Crippen LogP contribution in [0.2, 0.25) is 0 Å². The van der Waals surface area contributed by atoms with E-state index in [9.17, 15) is 14.4 Å². The molecule has 1 atom stereocenters. The van der Waals surface area contributed by atoms with Crippen molar-refractivity contribution in [2.45, 2.75) is 18.9 Å². The minimum absolute atomic E-state index is 0.0565. The number of ether oxygens (including phenoxy) is 1. The lowest BCUT2D eigenvalue weighted by Gasteiger charge is -2.16. The minimum Gasteiger partial charge on any atom is -0.480 e. The third kappa shape index (κ3) is 4.62. The molecule has 3 aromatic carbocycles. The van der Waals surface area contributed by atoms with E-state index >= 15 is 0 Å². The average Bonchev–Trinajstić information content (AvgIpc) is 3.16. The maximum absolute atomic E-state index is 12.5. The number of rotatable bonds is 7. The first-order chi connectivity index (χ1) is 16.4. The predicted octanol–water partition coefficient (Wildman–Crippen LogP) is 3.53. The summed E-state index contributed by atoms with van der Waals surface area (Å²) in [6.07, 6.45) is -0.617. The number of fused-ring (bicyclic) bond motifs is 3. The number of amides is 2. The summed E-state index contributed by atoms with van der Waals surface area (Å²) < 4.78 is 5.55. The fraction of sp³-hybridized carbons (Fsp3) is 0.192. The van der Waals surface area contributed by atoms with E-state index in [2.05, 4.69) is 22.8 Å². The molecule has 8 nitrogen and oxygen atoms in total. The van der Waals surface area contributed by atoms with E-state index in [1.165, 1.54) is 12.1 Å². The highest BCUT2D eigenvalue weighted by atomic mass is 16.5. The number of carboxylic acid groups (broad SMARTS) is 1. The van der Waals surface area contributed by atoms with E-state index in [1.807, 2.05) is 36.4 Å². The summed E-state index contributed by atoms with van der Waals surface area (Å²) in [7, 11) is 0. The van der Waals surface area contributed by atoms with Gasteiger partial charge in [-0.1, -0.05) is 48.5 Å². The van der Waals surface area contributed by atoms with Gasteiger partial charge in [-0.15, -0.1) is 0 Å². The van der Waals surface area contributed by atoms with Gasteiger partial charge in [-0.25, -0.2) is 9.59 Å². The summed E-state index contributed by atoms with van der Waals surface area (Å²) in [6.45, 7) is 1.16. The molecule has 174 valence electrons. The van der Waals surface area contributed by atoms with E-state index in [0.717, 1.165) is 22.3 Å². The first kappa shape index (κ1) is 23.0. The van der Waals surface area contributed by atoms with E-state index in [-0.39, 0.29) is 18.1 Å². The molecular weight excluding hydrogens is 436 g/mol. The van der Waals surface area contributed by atoms with Crippen LogP contribution in [0.25, 0.3) is 11.1 Å². The summed E-state index contributed by atoms with van der Waals surface area (Å²) in [5.74, 6) is -2.03. The van der Waals surface area contributed by atoms with Crippen molar-refractivity contribution >= 4 is 23.7 Å². The van der Waals surface area contributed by atoms with Crippen molar-refractivity contribution in [3.63, 3.8) is 0 Å². The molecule has 0 bridgehead atoms. The van der Waals surface area contributed by atoms with Crippen molar-refractivity contribution < 1.29 is 29.3 Å². The Morgan fingerprint density at radius 1 is 0.971 bits per heavy atom. The number of aliphatic hydroxyl groups excluding tert-OH is 1. The third-order valence-corrected chi connectivity index (χ3v) is 5.85. The second-order valence-corrected chi connectivity index (χ2v) is 8.03. The fourth-order valence-electron chi connectivity index (χ4n) is 4.12. The smallest absolute Gasteiger partial charge is 0.411 e. The van der Waals surface area contributed by atoms with Crippen molar-refractivity contribution in [1.82, 2.24) is 5.32 Å². The van der Waals surface area contributed by atoms with Crippen LogP contribution in [-0.4, -0.2) is 47.4 Å². The first-order valence-electron chi connectivity index (χ1n) is 10.8. The van der Waals surface area contributed by atoms with Gasteiger partial charge < -0.3 is 20.3 Å². The number of carbonyl (C=O) groups is 3. The van der Waals surface area contributed by atoms with E-state index in [0.29, 0.717) is 11.3 Å². The normalized spacial score (nSPS) is 12.9. The monoisotopic (exact) mass is 460 g/mol. The van der Waals surface area contributed by atoms with E-state index in [1.54, 1.807) is 13.0 Å². The molecule has 4 N–H and O–H groups in total. The highest BCUT2D eigenvalue weighted by Crippen LogP contribution is 2.44. The first-order valence-corrected chi connectivity index (χ1v) is 10.8. The number of anilines is 1. The molecule has 1 aliphatic carbocycles. The Balaban J connectivity index is 1.40. The molecule has 3 aromatic rings. The Kier molecular flexibility index (Phi) is 6.60. The van der Waals surface area contributed by atoms with Crippen LogP contribution < -0.4 is 10.6 Å². The molecule has 0 saturated heterocycles. The zero-order valence-corrected chi connectivity index (χ0v) is 18.4. The van der Waals surface area contributed by atoms with Crippen molar-refractivity contribution in [3.05, 3.63) is 89.0 Å². The maximum atomic E-state index is 12.5. The number of carboxylic acids is 1. The van der Waals surface area contributed by atoms with Gasteiger partial charge in [0.05, 0.1) is 6.61 Å². The van der Waals surface area contributed by atoms with Gasteiger partial charge in [0, 0.05) is 17.2 Å². The summed E-state index contributed by atoms with van der Waals surface area (Å²) in [5, 5.41) is 23.0. The standard InChI is InChI=1S/C26H24N2O6/c1-15-12-16(24(30)27-23(13-29)25(31)32)10-11-22(15)28-26(33)34-14-21-19-8-4-2-6-17(19)18-7-3-5-9-20(18)21/h2-12,21,23,29H,13-14H2,1H3,(H,27,30)(H,28,33)(H,31,32)/t23-/m0/s1. The SMILES string of the molecule is Cc1cc(C(=O)N[C@@H](CO)C(=O)O)ccc1NC(=O)OCC1c2ccccc2-c2ccccc21. The molecule has 0 aromatic heterocycles. The lowest BCUT2D eigenvalue weighted by molar-refractivity contribution is -0.140. The molecule has 2 amide bonds. The number of aliphatic carboxylic acids is 1. The zero-order chi connectivity index (χ0) is 24.2. The van der Waals surface area contributed by atoms with Gasteiger partial charge >= 0.3 is 12.1 Å². The van der Waals surface area contributed by atoms with Crippen LogP contribution in [0.5, 0.6) is 0 Å². The van der Waals surface area contributed by atoms with Gasteiger partial charge in [-0.05, 0) is 52.9 Å². The Labute approximate surface area is 196 Å². The van der Waals surface area contributed by atoms with Gasteiger partial charge in [0.25, 0.3) is 5.91 Å². The van der Waals surface area contributed by atoms with Crippen molar-refractivity contribution in [3.8, 4) is 11.1 Å². The number of aryl methyl sites for hydroxylation is 1. The molecule has 8 heteroatoms. The van der Waals surface area contributed by atoms with Crippen molar-refractivity contribution in [2.24, 2.45) is 0 Å². The van der Waals surface area contributed by atoms with Gasteiger partial charge in [0.2, 0.25) is 0 Å². The highest BCUT2D eigenvalue weighted by Gasteiger charge is 2.29. The number of aliphatic hydroxyl groups is 1.